The maximum absolute atomic E-state index is 13.3. The van der Waals surface area contributed by atoms with Gasteiger partial charge in [-0.2, -0.15) is 0 Å². The van der Waals surface area contributed by atoms with Crippen LogP contribution in [0.25, 0.3) is 0 Å². The minimum Gasteiger partial charge on any atom is -0.347 e. The Labute approximate surface area is 160 Å². The largest absolute Gasteiger partial charge is 0.347 e. The molecule has 3 rings (SSSR count). The Morgan fingerprint density at radius 2 is 1.96 bits per heavy atom. The fourth-order valence-corrected chi connectivity index (χ4v) is 4.10. The second-order valence-electron chi connectivity index (χ2n) is 7.59. The Bertz CT molecular complexity index is 712. The van der Waals surface area contributed by atoms with Crippen molar-refractivity contribution in [1.82, 2.24) is 10.2 Å². The lowest BCUT2D eigenvalue weighted by Crippen LogP contribution is -2.65. The highest BCUT2D eigenvalue weighted by molar-refractivity contribution is 6.30. The lowest BCUT2D eigenvalue weighted by atomic mass is 9.57. The molecule has 2 fully saturated rings. The average molecular weight is 404 g/mol. The quantitative estimate of drug-likeness (QED) is 0.767. The number of alkyl halides is 2. The van der Waals surface area contributed by atoms with Crippen LogP contribution in [-0.4, -0.2) is 48.8 Å². The van der Waals surface area contributed by atoms with Crippen molar-refractivity contribution in [3.05, 3.63) is 29.0 Å². The summed E-state index contributed by atoms with van der Waals surface area (Å²) in [7, 11) is 0. The normalized spacial score (nSPS) is 20.1. The molecular formula is C18H21ClF3N3O2. The van der Waals surface area contributed by atoms with Crippen LogP contribution >= 0.6 is 11.6 Å². The lowest BCUT2D eigenvalue weighted by molar-refractivity contribution is -0.144. The van der Waals surface area contributed by atoms with Gasteiger partial charge >= 0.3 is 0 Å². The van der Waals surface area contributed by atoms with Crippen molar-refractivity contribution < 1.29 is 22.8 Å². The van der Waals surface area contributed by atoms with Crippen LogP contribution in [0.1, 0.15) is 19.8 Å². The maximum Gasteiger partial charge on any atom is 0.258 e. The number of likely N-dealkylation sites (tertiary alicyclic amines) is 1. The molecule has 1 saturated heterocycles. The summed E-state index contributed by atoms with van der Waals surface area (Å²) >= 11 is 5.77. The molecule has 2 aliphatic rings. The number of carbonyl (C=O) groups excluding carboxylic acids is 2. The van der Waals surface area contributed by atoms with Crippen LogP contribution in [0.2, 0.25) is 5.02 Å². The van der Waals surface area contributed by atoms with Gasteiger partial charge in [0.05, 0.1) is 12.6 Å². The first kappa shape index (κ1) is 19.9. The van der Waals surface area contributed by atoms with E-state index in [0.717, 1.165) is 6.07 Å². The summed E-state index contributed by atoms with van der Waals surface area (Å²) in [5.41, 5.74) is 0.335. The zero-order valence-corrected chi connectivity index (χ0v) is 15.5. The van der Waals surface area contributed by atoms with E-state index in [9.17, 15) is 22.8 Å². The molecule has 0 bridgehead atoms. The molecule has 0 radical (unpaired) electrons. The Hall–Kier alpha value is -1.80. The molecule has 27 heavy (non-hydrogen) atoms. The summed E-state index contributed by atoms with van der Waals surface area (Å²) in [6.07, 6.45) is -1.21. The van der Waals surface area contributed by atoms with Crippen LogP contribution in [0.15, 0.2) is 18.2 Å². The first-order chi connectivity index (χ1) is 12.7. The molecule has 1 aliphatic heterocycles. The monoisotopic (exact) mass is 403 g/mol. The molecule has 9 heteroatoms. The molecule has 2 amide bonds. The Balaban J connectivity index is 1.40. The van der Waals surface area contributed by atoms with Gasteiger partial charge in [0.15, 0.2) is 0 Å². The first-order valence-corrected chi connectivity index (χ1v) is 9.10. The molecule has 1 atom stereocenters. The van der Waals surface area contributed by atoms with Gasteiger partial charge in [0, 0.05) is 29.7 Å². The smallest absolute Gasteiger partial charge is 0.258 e. The van der Waals surface area contributed by atoms with E-state index in [1.54, 1.807) is 0 Å². The number of hydrogen-bond acceptors (Lipinski definition) is 3. The van der Waals surface area contributed by atoms with E-state index in [1.165, 1.54) is 19.1 Å². The van der Waals surface area contributed by atoms with Gasteiger partial charge in [-0.15, -0.1) is 0 Å². The number of amides is 2. The third kappa shape index (κ3) is 4.73. The highest BCUT2D eigenvalue weighted by Gasteiger charge is 2.54. The molecule has 1 unspecified atom stereocenters. The van der Waals surface area contributed by atoms with Crippen LogP contribution in [0.3, 0.4) is 0 Å². The summed E-state index contributed by atoms with van der Waals surface area (Å²) in [5.74, 6) is -1.28. The Morgan fingerprint density at radius 1 is 1.30 bits per heavy atom. The van der Waals surface area contributed by atoms with Gasteiger partial charge in [0.2, 0.25) is 11.8 Å². The molecule has 0 aromatic heterocycles. The summed E-state index contributed by atoms with van der Waals surface area (Å²) in [6.45, 7) is 2.68. The van der Waals surface area contributed by atoms with Crippen molar-refractivity contribution in [2.45, 2.75) is 32.2 Å². The number of benzene rings is 1. The summed E-state index contributed by atoms with van der Waals surface area (Å²) in [6, 6.07) is 2.70. The van der Waals surface area contributed by atoms with Gasteiger partial charge in [-0.1, -0.05) is 11.6 Å². The van der Waals surface area contributed by atoms with E-state index in [2.05, 4.69) is 10.6 Å². The Morgan fingerprint density at radius 3 is 2.56 bits per heavy atom. The molecule has 1 spiro atoms. The molecule has 1 heterocycles. The summed E-state index contributed by atoms with van der Waals surface area (Å²) in [4.78, 5) is 25.9. The maximum atomic E-state index is 13.3. The van der Waals surface area contributed by atoms with E-state index < -0.39 is 24.2 Å². The number of anilines is 1. The van der Waals surface area contributed by atoms with E-state index in [4.69, 9.17) is 11.6 Å². The van der Waals surface area contributed by atoms with E-state index >= 15 is 0 Å². The Kier molecular flexibility index (Phi) is 5.67. The number of hydrogen-bond donors (Lipinski definition) is 2. The van der Waals surface area contributed by atoms with Crippen molar-refractivity contribution in [3.63, 3.8) is 0 Å². The second-order valence-corrected chi connectivity index (χ2v) is 8.02. The number of nitrogens with one attached hydrogen (secondary N) is 2. The predicted molar refractivity (Wildman–Crippen MR) is 95.2 cm³/mol. The minimum absolute atomic E-state index is 0.0101. The van der Waals surface area contributed by atoms with Crippen molar-refractivity contribution in [1.29, 1.82) is 0 Å². The summed E-state index contributed by atoms with van der Waals surface area (Å²) in [5, 5.41) is 5.16. The molecule has 1 aromatic carbocycles. The number of halogens is 4. The third-order valence-electron chi connectivity index (χ3n) is 5.11. The van der Waals surface area contributed by atoms with Crippen molar-refractivity contribution in [3.8, 4) is 0 Å². The molecule has 1 aliphatic carbocycles. The number of nitrogens with zero attached hydrogens (tertiary/aromatic N) is 1. The highest BCUT2D eigenvalue weighted by atomic mass is 35.5. The zero-order valence-electron chi connectivity index (χ0n) is 14.8. The van der Waals surface area contributed by atoms with Crippen molar-refractivity contribution >= 4 is 29.1 Å². The van der Waals surface area contributed by atoms with Crippen molar-refractivity contribution in [2.75, 3.05) is 25.0 Å². The van der Waals surface area contributed by atoms with E-state index in [1.807, 2.05) is 4.90 Å². The van der Waals surface area contributed by atoms with Crippen molar-refractivity contribution in [2.24, 2.45) is 11.3 Å². The molecule has 148 valence electrons. The van der Waals surface area contributed by atoms with Crippen LogP contribution in [-0.2, 0) is 9.59 Å². The average Bonchev–Trinajstić information content (AvgIpc) is 2.46. The van der Waals surface area contributed by atoms with Gasteiger partial charge in [0.1, 0.15) is 5.82 Å². The van der Waals surface area contributed by atoms with Crippen LogP contribution in [0.5, 0.6) is 0 Å². The molecule has 1 saturated carbocycles. The van der Waals surface area contributed by atoms with Gasteiger partial charge in [-0.25, -0.2) is 13.2 Å². The van der Waals surface area contributed by atoms with E-state index in [0.29, 0.717) is 31.6 Å². The molecule has 1 aromatic rings. The molecule has 2 N–H and O–H groups in total. The fraction of sp³-hybridized carbons (Fsp3) is 0.556. The topological polar surface area (TPSA) is 61.4 Å². The lowest BCUT2D eigenvalue weighted by Gasteiger charge is -2.58. The standard InChI is InChI=1S/C18H21ClF3N3O2/c1-10(16(21)22)23-15(26)7-25-8-18(9-25)5-11(6-18)17(27)24-14-3-12(19)2-13(20)4-14/h2-4,10-11,16H,5-9H2,1H3,(H,23,26)(H,24,27). The SMILES string of the molecule is CC(NC(=O)CN1CC2(CC(C(=O)Nc3cc(F)cc(Cl)c3)C2)C1)C(F)F. The fourth-order valence-electron chi connectivity index (χ4n) is 3.88. The van der Waals surface area contributed by atoms with Crippen LogP contribution in [0.4, 0.5) is 18.9 Å². The molecular weight excluding hydrogens is 383 g/mol. The minimum atomic E-state index is -2.59. The van der Waals surface area contributed by atoms with Gasteiger partial charge < -0.3 is 10.6 Å². The van der Waals surface area contributed by atoms with Crippen LogP contribution in [0, 0.1) is 17.2 Å². The zero-order chi connectivity index (χ0) is 19.8. The highest BCUT2D eigenvalue weighted by Crippen LogP contribution is 2.52. The number of rotatable bonds is 6. The van der Waals surface area contributed by atoms with Crippen LogP contribution < -0.4 is 10.6 Å². The summed E-state index contributed by atoms with van der Waals surface area (Å²) < 4.78 is 38.2. The third-order valence-corrected chi connectivity index (χ3v) is 5.33. The number of carbonyl (C=O) groups is 2. The molecule has 5 nitrogen and oxygen atoms in total. The second kappa shape index (κ2) is 7.67. The van der Waals surface area contributed by atoms with Gasteiger partial charge in [0.25, 0.3) is 6.43 Å². The van der Waals surface area contributed by atoms with Gasteiger partial charge in [-0.05, 0) is 43.4 Å². The van der Waals surface area contributed by atoms with Gasteiger partial charge in [-0.3, -0.25) is 14.5 Å². The van der Waals surface area contributed by atoms with E-state index in [-0.39, 0.29) is 28.8 Å². The predicted octanol–water partition coefficient (Wildman–Crippen LogP) is 2.90. The first-order valence-electron chi connectivity index (χ1n) is 8.73.